The van der Waals surface area contributed by atoms with E-state index >= 15 is 0 Å². The Bertz CT molecular complexity index is 480. The molecule has 4 nitrogen and oxygen atoms in total. The first kappa shape index (κ1) is 14.2. The number of hydrogen-bond acceptors (Lipinski definition) is 3. The van der Waals surface area contributed by atoms with Gasteiger partial charge in [0.25, 0.3) is 0 Å². The Morgan fingerprint density at radius 3 is 2.53 bits per heavy atom. The maximum Gasteiger partial charge on any atom is 0.240 e. The SMILES string of the molecule is Cc1cccc(S(=O)(=O)NCC(C)(C)CO)c1. The maximum absolute atomic E-state index is 12.0. The molecule has 0 atom stereocenters. The minimum absolute atomic E-state index is 0.0661. The molecule has 0 aliphatic heterocycles. The topological polar surface area (TPSA) is 66.4 Å². The second-order valence-electron chi connectivity index (χ2n) is 4.96. The fourth-order valence-corrected chi connectivity index (χ4v) is 2.56. The van der Waals surface area contributed by atoms with Crippen LogP contribution in [-0.4, -0.2) is 26.7 Å². The number of sulfonamides is 1. The molecule has 0 radical (unpaired) electrons. The van der Waals surface area contributed by atoms with Crippen molar-refractivity contribution in [2.45, 2.75) is 25.7 Å². The molecule has 96 valence electrons. The van der Waals surface area contributed by atoms with Crippen molar-refractivity contribution in [3.63, 3.8) is 0 Å². The molecule has 0 heterocycles. The zero-order chi connectivity index (χ0) is 13.1. The molecule has 0 aromatic heterocycles. The first-order valence-corrected chi connectivity index (χ1v) is 6.92. The molecule has 0 amide bonds. The molecule has 0 saturated heterocycles. The van der Waals surface area contributed by atoms with E-state index in [2.05, 4.69) is 4.72 Å². The molecule has 0 bridgehead atoms. The van der Waals surface area contributed by atoms with Crippen LogP contribution in [0.2, 0.25) is 0 Å². The van der Waals surface area contributed by atoms with Crippen LogP contribution in [0.5, 0.6) is 0 Å². The second kappa shape index (κ2) is 5.16. The van der Waals surface area contributed by atoms with Crippen LogP contribution < -0.4 is 4.72 Å². The summed E-state index contributed by atoms with van der Waals surface area (Å²) in [6.45, 7) is 5.58. The Hall–Kier alpha value is -0.910. The van der Waals surface area contributed by atoms with Gasteiger partial charge in [0.1, 0.15) is 0 Å². The van der Waals surface area contributed by atoms with Crippen LogP contribution in [-0.2, 0) is 10.0 Å². The van der Waals surface area contributed by atoms with Gasteiger partial charge in [-0.3, -0.25) is 0 Å². The van der Waals surface area contributed by atoms with E-state index in [9.17, 15) is 8.42 Å². The van der Waals surface area contributed by atoms with Gasteiger partial charge in [0, 0.05) is 18.6 Å². The van der Waals surface area contributed by atoms with Gasteiger partial charge in [-0.05, 0) is 24.6 Å². The summed E-state index contributed by atoms with van der Waals surface area (Å²) in [6, 6.07) is 6.73. The maximum atomic E-state index is 12.0. The van der Waals surface area contributed by atoms with Gasteiger partial charge in [-0.25, -0.2) is 13.1 Å². The van der Waals surface area contributed by atoms with Crippen LogP contribution in [0, 0.1) is 12.3 Å². The number of aliphatic hydroxyl groups excluding tert-OH is 1. The number of aryl methyl sites for hydroxylation is 1. The van der Waals surface area contributed by atoms with Gasteiger partial charge in [0.15, 0.2) is 0 Å². The van der Waals surface area contributed by atoms with Crippen LogP contribution in [0.25, 0.3) is 0 Å². The molecule has 0 unspecified atom stereocenters. The Balaban J connectivity index is 2.83. The first-order chi connectivity index (χ1) is 7.77. The summed E-state index contributed by atoms with van der Waals surface area (Å²) in [6.07, 6.45) is 0. The minimum atomic E-state index is -3.49. The lowest BCUT2D eigenvalue weighted by molar-refractivity contribution is 0.163. The highest BCUT2D eigenvalue weighted by molar-refractivity contribution is 7.89. The Morgan fingerprint density at radius 1 is 1.35 bits per heavy atom. The molecule has 0 aliphatic carbocycles. The van der Waals surface area contributed by atoms with Crippen molar-refractivity contribution >= 4 is 10.0 Å². The highest BCUT2D eigenvalue weighted by Crippen LogP contribution is 2.15. The molecule has 1 aromatic carbocycles. The molecule has 0 aliphatic rings. The van der Waals surface area contributed by atoms with Gasteiger partial charge in [-0.2, -0.15) is 0 Å². The molecule has 5 heteroatoms. The highest BCUT2D eigenvalue weighted by Gasteiger charge is 2.21. The number of benzene rings is 1. The molecular weight excluding hydrogens is 238 g/mol. The molecule has 0 spiro atoms. The zero-order valence-corrected chi connectivity index (χ0v) is 11.2. The predicted molar refractivity (Wildman–Crippen MR) is 67.2 cm³/mol. The van der Waals surface area contributed by atoms with Crippen LogP contribution in [0.15, 0.2) is 29.2 Å². The third kappa shape index (κ3) is 4.11. The van der Waals surface area contributed by atoms with Crippen LogP contribution in [0.4, 0.5) is 0 Å². The Morgan fingerprint density at radius 2 is 2.00 bits per heavy atom. The third-order valence-electron chi connectivity index (χ3n) is 2.47. The van der Waals surface area contributed by atoms with Crippen LogP contribution in [0.1, 0.15) is 19.4 Å². The summed E-state index contributed by atoms with van der Waals surface area (Å²) >= 11 is 0. The van der Waals surface area contributed by atoms with Gasteiger partial charge in [0.2, 0.25) is 10.0 Å². The highest BCUT2D eigenvalue weighted by atomic mass is 32.2. The van der Waals surface area contributed by atoms with Crippen molar-refractivity contribution in [1.29, 1.82) is 0 Å². The van der Waals surface area contributed by atoms with E-state index < -0.39 is 15.4 Å². The van der Waals surface area contributed by atoms with Gasteiger partial charge in [-0.15, -0.1) is 0 Å². The predicted octanol–water partition coefficient (Wildman–Crippen LogP) is 1.29. The van der Waals surface area contributed by atoms with Crippen molar-refractivity contribution in [1.82, 2.24) is 4.72 Å². The van der Waals surface area contributed by atoms with Crippen LogP contribution >= 0.6 is 0 Å². The summed E-state index contributed by atoms with van der Waals surface area (Å²) < 4.78 is 26.4. The number of aliphatic hydroxyl groups is 1. The average Bonchev–Trinajstić information content (AvgIpc) is 2.27. The van der Waals surface area contributed by atoms with Gasteiger partial charge < -0.3 is 5.11 Å². The monoisotopic (exact) mass is 257 g/mol. The standard InChI is InChI=1S/C12H19NO3S/c1-10-5-4-6-11(7-10)17(15,16)13-8-12(2,3)9-14/h4-7,13-14H,8-9H2,1-3H3. The fourth-order valence-electron chi connectivity index (χ4n) is 1.21. The molecule has 2 N–H and O–H groups in total. The largest absolute Gasteiger partial charge is 0.396 e. The third-order valence-corrected chi connectivity index (χ3v) is 3.87. The molecular formula is C12H19NO3S. The smallest absolute Gasteiger partial charge is 0.240 e. The number of rotatable bonds is 5. The van der Waals surface area contributed by atoms with Crippen molar-refractivity contribution in [2.24, 2.45) is 5.41 Å². The van der Waals surface area contributed by atoms with E-state index in [4.69, 9.17) is 5.11 Å². The first-order valence-electron chi connectivity index (χ1n) is 5.44. The Kier molecular flexibility index (Phi) is 4.30. The number of nitrogens with one attached hydrogen (secondary N) is 1. The summed E-state index contributed by atoms with van der Waals surface area (Å²) in [7, 11) is -3.49. The van der Waals surface area contributed by atoms with Crippen molar-refractivity contribution < 1.29 is 13.5 Å². The fraction of sp³-hybridized carbons (Fsp3) is 0.500. The lowest BCUT2D eigenvalue weighted by Crippen LogP contribution is -2.36. The molecule has 17 heavy (non-hydrogen) atoms. The summed E-state index contributed by atoms with van der Waals surface area (Å²) in [5, 5.41) is 9.07. The van der Waals surface area contributed by atoms with Crippen molar-refractivity contribution in [2.75, 3.05) is 13.2 Å². The average molecular weight is 257 g/mol. The second-order valence-corrected chi connectivity index (χ2v) is 6.73. The van der Waals surface area contributed by atoms with Crippen molar-refractivity contribution in [3.05, 3.63) is 29.8 Å². The molecule has 1 rings (SSSR count). The van der Waals surface area contributed by atoms with E-state index in [1.807, 2.05) is 13.0 Å². The summed E-state index contributed by atoms with van der Waals surface area (Å²) in [4.78, 5) is 0.256. The van der Waals surface area contributed by atoms with Gasteiger partial charge in [-0.1, -0.05) is 26.0 Å². The van der Waals surface area contributed by atoms with E-state index in [1.54, 1.807) is 32.0 Å². The summed E-state index contributed by atoms with van der Waals surface area (Å²) in [5.74, 6) is 0. The zero-order valence-electron chi connectivity index (χ0n) is 10.4. The molecule has 0 saturated carbocycles. The quantitative estimate of drug-likeness (QED) is 0.835. The summed E-state index contributed by atoms with van der Waals surface area (Å²) in [5.41, 5.74) is 0.436. The van der Waals surface area contributed by atoms with E-state index in [0.717, 1.165) is 5.56 Å². The van der Waals surface area contributed by atoms with Crippen LogP contribution in [0.3, 0.4) is 0 Å². The number of hydrogen-bond donors (Lipinski definition) is 2. The molecule has 1 aromatic rings. The lowest BCUT2D eigenvalue weighted by atomic mass is 9.96. The normalized spacial score (nSPS) is 12.7. The molecule has 0 fully saturated rings. The minimum Gasteiger partial charge on any atom is -0.396 e. The van der Waals surface area contributed by atoms with E-state index in [1.165, 1.54) is 0 Å². The van der Waals surface area contributed by atoms with E-state index in [-0.39, 0.29) is 18.0 Å². The van der Waals surface area contributed by atoms with Crippen molar-refractivity contribution in [3.8, 4) is 0 Å². The Labute approximate surface area is 103 Å². The van der Waals surface area contributed by atoms with E-state index in [0.29, 0.717) is 0 Å². The van der Waals surface area contributed by atoms with Gasteiger partial charge in [0.05, 0.1) is 4.90 Å². The lowest BCUT2D eigenvalue weighted by Gasteiger charge is -2.21. The van der Waals surface area contributed by atoms with Gasteiger partial charge >= 0.3 is 0 Å².